The summed E-state index contributed by atoms with van der Waals surface area (Å²) >= 11 is 5.82. The zero-order chi connectivity index (χ0) is 14.7. The molecule has 106 valence electrons. The van der Waals surface area contributed by atoms with Crippen LogP contribution in [0.25, 0.3) is 0 Å². The van der Waals surface area contributed by atoms with Crippen LogP contribution in [-0.2, 0) is 16.1 Å². The molecule has 0 bridgehead atoms. The van der Waals surface area contributed by atoms with Crippen LogP contribution < -0.4 is 10.6 Å². The molecule has 0 spiro atoms. The second-order valence-electron chi connectivity index (χ2n) is 4.41. The van der Waals surface area contributed by atoms with Crippen LogP contribution in [0.15, 0.2) is 18.2 Å². The van der Waals surface area contributed by atoms with E-state index >= 15 is 0 Å². The monoisotopic (exact) mass is 297 g/mol. The molecule has 0 aliphatic carbocycles. The lowest BCUT2D eigenvalue weighted by molar-refractivity contribution is -0.385. The number of imide groups is 1. The van der Waals surface area contributed by atoms with E-state index in [-0.39, 0.29) is 24.6 Å². The number of carbonyl (C=O) groups excluding carboxylic acids is 2. The van der Waals surface area contributed by atoms with E-state index in [1.165, 1.54) is 18.2 Å². The van der Waals surface area contributed by atoms with Crippen molar-refractivity contribution >= 4 is 29.1 Å². The molecule has 1 saturated heterocycles. The minimum atomic E-state index is -0.536. The predicted octanol–water partition coefficient (Wildman–Crippen LogP) is 1.14. The Kier molecular flexibility index (Phi) is 4.31. The van der Waals surface area contributed by atoms with E-state index in [0.29, 0.717) is 17.0 Å². The number of rotatable bonds is 4. The Hall–Kier alpha value is -1.99. The van der Waals surface area contributed by atoms with Crippen molar-refractivity contribution in [2.75, 3.05) is 0 Å². The average Bonchev–Trinajstić information content (AvgIpc) is 2.37. The number of nitrogens with one attached hydrogen (secondary N) is 2. The van der Waals surface area contributed by atoms with E-state index in [2.05, 4.69) is 10.6 Å². The van der Waals surface area contributed by atoms with Gasteiger partial charge in [-0.2, -0.15) is 0 Å². The van der Waals surface area contributed by atoms with Gasteiger partial charge in [0.1, 0.15) is 0 Å². The third kappa shape index (κ3) is 3.31. The molecule has 0 saturated carbocycles. The second-order valence-corrected chi connectivity index (χ2v) is 4.85. The molecule has 2 N–H and O–H groups in total. The molecule has 1 aliphatic rings. The van der Waals surface area contributed by atoms with Crippen LogP contribution in [0.1, 0.15) is 18.4 Å². The molecule has 1 aliphatic heterocycles. The Morgan fingerprint density at radius 2 is 2.20 bits per heavy atom. The summed E-state index contributed by atoms with van der Waals surface area (Å²) in [5, 5.41) is 16.4. The number of carbonyl (C=O) groups is 2. The molecule has 2 amide bonds. The summed E-state index contributed by atoms with van der Waals surface area (Å²) in [5.41, 5.74) is 0.335. The summed E-state index contributed by atoms with van der Waals surface area (Å²) in [7, 11) is 0. The van der Waals surface area contributed by atoms with Gasteiger partial charge >= 0.3 is 0 Å². The van der Waals surface area contributed by atoms with Crippen LogP contribution in [0.2, 0.25) is 5.02 Å². The first-order chi connectivity index (χ1) is 9.47. The van der Waals surface area contributed by atoms with Crippen LogP contribution in [-0.4, -0.2) is 22.8 Å². The van der Waals surface area contributed by atoms with Gasteiger partial charge in [-0.05, 0) is 18.6 Å². The van der Waals surface area contributed by atoms with Crippen molar-refractivity contribution in [3.8, 4) is 0 Å². The molecule has 20 heavy (non-hydrogen) atoms. The number of halogens is 1. The fourth-order valence-electron chi connectivity index (χ4n) is 2.00. The molecular formula is C12H12ClN3O4. The standard InChI is InChI=1S/C12H12ClN3O4/c13-8-1-3-10(16(19)20)7(5-8)6-14-9-2-4-11(17)15-12(9)18/h1,3,5,9,14H,2,4,6H2,(H,15,17,18). The lowest BCUT2D eigenvalue weighted by atomic mass is 10.1. The summed E-state index contributed by atoms with van der Waals surface area (Å²) < 4.78 is 0. The van der Waals surface area contributed by atoms with Crippen LogP contribution in [0, 0.1) is 10.1 Å². The van der Waals surface area contributed by atoms with Gasteiger partial charge in [-0.3, -0.25) is 25.0 Å². The van der Waals surface area contributed by atoms with Gasteiger partial charge in [-0.1, -0.05) is 11.6 Å². The van der Waals surface area contributed by atoms with E-state index in [4.69, 9.17) is 11.6 Å². The second kappa shape index (κ2) is 5.98. The van der Waals surface area contributed by atoms with Gasteiger partial charge in [0.05, 0.1) is 11.0 Å². The molecule has 1 aromatic rings. The van der Waals surface area contributed by atoms with Crippen molar-refractivity contribution in [3.63, 3.8) is 0 Å². The predicted molar refractivity (Wildman–Crippen MR) is 71.1 cm³/mol. The highest BCUT2D eigenvalue weighted by atomic mass is 35.5. The first-order valence-corrected chi connectivity index (χ1v) is 6.35. The van der Waals surface area contributed by atoms with E-state index in [1.54, 1.807) is 0 Å². The van der Waals surface area contributed by atoms with Gasteiger partial charge in [0.2, 0.25) is 11.8 Å². The maximum atomic E-state index is 11.6. The van der Waals surface area contributed by atoms with Gasteiger partial charge in [0, 0.05) is 29.6 Å². The van der Waals surface area contributed by atoms with Crippen molar-refractivity contribution < 1.29 is 14.5 Å². The summed E-state index contributed by atoms with van der Waals surface area (Å²) in [4.78, 5) is 33.0. The van der Waals surface area contributed by atoms with E-state index < -0.39 is 16.9 Å². The molecule has 0 aromatic heterocycles. The molecule has 7 nitrogen and oxygen atoms in total. The fourth-order valence-corrected chi connectivity index (χ4v) is 2.19. The van der Waals surface area contributed by atoms with Crippen molar-refractivity contribution in [1.29, 1.82) is 0 Å². The number of nitrogens with zero attached hydrogens (tertiary/aromatic N) is 1. The van der Waals surface area contributed by atoms with Gasteiger partial charge in [0.15, 0.2) is 0 Å². The highest BCUT2D eigenvalue weighted by Gasteiger charge is 2.26. The van der Waals surface area contributed by atoms with E-state index in [1.807, 2.05) is 0 Å². The Bertz CT molecular complexity index is 576. The number of benzene rings is 1. The molecule has 1 fully saturated rings. The number of hydrogen-bond acceptors (Lipinski definition) is 5. The highest BCUT2D eigenvalue weighted by Crippen LogP contribution is 2.22. The maximum Gasteiger partial charge on any atom is 0.273 e. The summed E-state index contributed by atoms with van der Waals surface area (Å²) in [6.07, 6.45) is 0.625. The minimum Gasteiger partial charge on any atom is -0.301 e. The van der Waals surface area contributed by atoms with Gasteiger partial charge in [0.25, 0.3) is 5.69 Å². The molecule has 1 aromatic carbocycles. The lowest BCUT2D eigenvalue weighted by Gasteiger charge is -2.21. The van der Waals surface area contributed by atoms with Gasteiger partial charge in [-0.15, -0.1) is 0 Å². The molecule has 0 radical (unpaired) electrons. The number of hydrogen-bond donors (Lipinski definition) is 2. The summed E-state index contributed by atoms with van der Waals surface area (Å²) in [6.45, 7) is 0.128. The fraction of sp³-hybridized carbons (Fsp3) is 0.333. The smallest absolute Gasteiger partial charge is 0.273 e. The van der Waals surface area contributed by atoms with Crippen LogP contribution in [0.5, 0.6) is 0 Å². The number of amides is 2. The van der Waals surface area contributed by atoms with Crippen LogP contribution in [0.3, 0.4) is 0 Å². The average molecular weight is 298 g/mol. The topological polar surface area (TPSA) is 101 Å². The van der Waals surface area contributed by atoms with Crippen molar-refractivity contribution in [2.45, 2.75) is 25.4 Å². The van der Waals surface area contributed by atoms with Crippen molar-refractivity contribution in [3.05, 3.63) is 38.9 Å². The Balaban J connectivity index is 2.07. The van der Waals surface area contributed by atoms with Crippen LogP contribution in [0.4, 0.5) is 5.69 Å². The van der Waals surface area contributed by atoms with Gasteiger partial charge < -0.3 is 5.32 Å². The van der Waals surface area contributed by atoms with Crippen LogP contribution >= 0.6 is 11.6 Å². The first kappa shape index (κ1) is 14.4. The zero-order valence-electron chi connectivity index (χ0n) is 10.4. The normalized spacial score (nSPS) is 18.8. The molecule has 1 heterocycles. The quantitative estimate of drug-likeness (QED) is 0.493. The summed E-state index contributed by atoms with van der Waals surface area (Å²) in [5.74, 6) is -0.715. The first-order valence-electron chi connectivity index (χ1n) is 5.97. The number of nitro benzene ring substituents is 1. The van der Waals surface area contributed by atoms with Gasteiger partial charge in [-0.25, -0.2) is 0 Å². The third-order valence-electron chi connectivity index (χ3n) is 3.02. The van der Waals surface area contributed by atoms with Crippen molar-refractivity contribution in [2.24, 2.45) is 0 Å². The highest BCUT2D eigenvalue weighted by molar-refractivity contribution is 6.30. The molecule has 8 heteroatoms. The zero-order valence-corrected chi connectivity index (χ0v) is 11.1. The number of nitro groups is 1. The third-order valence-corrected chi connectivity index (χ3v) is 3.25. The SMILES string of the molecule is O=C1CCC(NCc2cc(Cl)ccc2[N+](=O)[O-])C(=O)N1. The van der Waals surface area contributed by atoms with E-state index in [9.17, 15) is 19.7 Å². The minimum absolute atomic E-state index is 0.0609. The molecule has 2 rings (SSSR count). The maximum absolute atomic E-state index is 11.6. The molecule has 1 unspecified atom stereocenters. The molecular weight excluding hydrogens is 286 g/mol. The lowest BCUT2D eigenvalue weighted by Crippen LogP contribution is -2.50. The molecule has 1 atom stereocenters. The largest absolute Gasteiger partial charge is 0.301 e. The summed E-state index contributed by atoms with van der Waals surface area (Å²) in [6, 6.07) is 3.71. The Morgan fingerprint density at radius 1 is 1.45 bits per heavy atom. The number of piperidine rings is 1. The van der Waals surface area contributed by atoms with Crippen molar-refractivity contribution in [1.82, 2.24) is 10.6 Å². The Morgan fingerprint density at radius 3 is 2.85 bits per heavy atom. The Labute approximate surface area is 119 Å². The van der Waals surface area contributed by atoms with E-state index in [0.717, 1.165) is 0 Å².